The summed E-state index contributed by atoms with van der Waals surface area (Å²) >= 11 is 0. The third-order valence-electron chi connectivity index (χ3n) is 1.19. The Kier molecular flexibility index (Phi) is 4.97. The Balaban J connectivity index is 4.19. The van der Waals surface area contributed by atoms with Gasteiger partial charge in [0.15, 0.2) is 0 Å². The van der Waals surface area contributed by atoms with Crippen LogP contribution in [0, 0.1) is 0 Å². The maximum absolute atomic E-state index is 12.8. The van der Waals surface area contributed by atoms with Crippen molar-refractivity contribution >= 4 is 17.9 Å². The van der Waals surface area contributed by atoms with E-state index in [2.05, 4.69) is 4.99 Å². The van der Waals surface area contributed by atoms with Gasteiger partial charge in [-0.05, 0) is 0 Å². The minimum atomic E-state index is -0.907. The van der Waals surface area contributed by atoms with Gasteiger partial charge in [0.2, 0.25) is 5.96 Å². The van der Waals surface area contributed by atoms with Gasteiger partial charge in [0.1, 0.15) is 0 Å². The molecule has 0 fully saturated rings. The number of primary amides is 1. The van der Waals surface area contributed by atoms with Crippen LogP contribution >= 0.6 is 0 Å². The fraction of sp³-hybridized carbons (Fsp3) is 0.500. The number of nitrogens with zero attached hydrogens (tertiary/aromatic N) is 2. The van der Waals surface area contributed by atoms with Gasteiger partial charge < -0.3 is 5.73 Å². The summed E-state index contributed by atoms with van der Waals surface area (Å²) in [5, 5.41) is 1.70. The molecule has 0 saturated heterocycles. The molecule has 0 rings (SSSR count). The van der Waals surface area contributed by atoms with Crippen molar-refractivity contribution in [3.8, 4) is 0 Å². The summed E-state index contributed by atoms with van der Waals surface area (Å²) < 4.78 is 12.8. The number of carbonyl (C=O) groups is 2. The van der Waals surface area contributed by atoms with Crippen molar-refractivity contribution < 1.29 is 14.1 Å². The topological polar surface area (TPSA) is 99.8 Å². The number of hydrazine groups is 1. The van der Waals surface area contributed by atoms with Crippen LogP contribution in [-0.4, -0.2) is 30.2 Å². The fourth-order valence-electron chi connectivity index (χ4n) is 0.545. The number of urea groups is 1. The third-order valence-corrected chi connectivity index (χ3v) is 1.19. The zero-order valence-corrected chi connectivity index (χ0v) is 7.87. The molecule has 0 aliphatic carbocycles. The number of carbonyl (C=O) groups excluding carboxylic acids is 2. The van der Waals surface area contributed by atoms with Gasteiger partial charge in [-0.3, -0.25) is 15.1 Å². The van der Waals surface area contributed by atoms with Gasteiger partial charge in [0.25, 0.3) is 5.91 Å². The first-order valence-electron chi connectivity index (χ1n) is 3.79. The van der Waals surface area contributed by atoms with Crippen LogP contribution in [0.25, 0.3) is 0 Å². The molecule has 8 heteroatoms. The van der Waals surface area contributed by atoms with E-state index in [0.717, 1.165) is 0 Å². The molecule has 0 radical (unpaired) electrons. The maximum Gasteiger partial charge on any atom is 0.318 e. The molecule has 0 saturated carbocycles. The number of hydrogen-bond acceptors (Lipinski definition) is 3. The zero-order chi connectivity index (χ0) is 11.1. The predicted octanol–water partition coefficient (Wildman–Crippen LogP) is -0.732. The summed E-state index contributed by atoms with van der Waals surface area (Å²) in [7, 11) is 1.29. The Morgan fingerprint density at radius 2 is 2.14 bits per heavy atom. The minimum Gasteiger partial charge on any atom is -0.351 e. The largest absolute Gasteiger partial charge is 0.351 e. The number of aliphatic imine (C=N–C) groups is 1. The highest BCUT2D eigenvalue weighted by Gasteiger charge is 2.12. The summed E-state index contributed by atoms with van der Waals surface area (Å²) in [6.07, 6.45) is -0.0168. The van der Waals surface area contributed by atoms with Gasteiger partial charge in [-0.2, -0.15) is 0 Å². The molecule has 3 amide bonds. The molecule has 0 aromatic rings. The van der Waals surface area contributed by atoms with Crippen molar-refractivity contribution in [2.45, 2.75) is 13.3 Å². The second-order valence-electron chi connectivity index (χ2n) is 2.20. The number of hydrogen-bond donors (Lipinski definition) is 3. The van der Waals surface area contributed by atoms with Crippen LogP contribution in [0.3, 0.4) is 0 Å². The van der Waals surface area contributed by atoms with Crippen molar-refractivity contribution in [3.63, 3.8) is 0 Å². The van der Waals surface area contributed by atoms with E-state index in [0.29, 0.717) is 0 Å². The van der Waals surface area contributed by atoms with E-state index in [1.165, 1.54) is 14.0 Å². The normalized spacial score (nSPS) is 10.6. The highest BCUT2D eigenvalue weighted by Crippen LogP contribution is 1.89. The first-order valence-corrected chi connectivity index (χ1v) is 3.79. The minimum absolute atomic E-state index is 0.0168. The van der Waals surface area contributed by atoms with Crippen molar-refractivity contribution in [2.75, 3.05) is 7.05 Å². The Morgan fingerprint density at radius 1 is 1.57 bits per heavy atom. The Morgan fingerprint density at radius 3 is 2.50 bits per heavy atom. The first-order chi connectivity index (χ1) is 6.51. The maximum atomic E-state index is 12.8. The van der Waals surface area contributed by atoms with Crippen molar-refractivity contribution in [2.24, 2.45) is 10.7 Å². The van der Waals surface area contributed by atoms with Crippen molar-refractivity contribution in [1.82, 2.24) is 16.0 Å². The molecular formula is C6H12FN5O2. The molecule has 7 nitrogen and oxygen atoms in total. The molecule has 0 spiro atoms. The summed E-state index contributed by atoms with van der Waals surface area (Å²) in [6.45, 7) is 1.49. The van der Waals surface area contributed by atoms with Crippen LogP contribution in [0.5, 0.6) is 0 Å². The number of amides is 3. The van der Waals surface area contributed by atoms with Gasteiger partial charge in [-0.1, -0.05) is 16.6 Å². The molecule has 0 aromatic carbocycles. The van der Waals surface area contributed by atoms with Crippen LogP contribution in [0.4, 0.5) is 9.28 Å². The number of rotatable bonds is 1. The summed E-state index contributed by atoms with van der Waals surface area (Å²) in [5.41, 5.74) is 6.66. The molecule has 0 unspecified atom stereocenters. The zero-order valence-electron chi connectivity index (χ0n) is 7.87. The van der Waals surface area contributed by atoms with Crippen LogP contribution in [0.1, 0.15) is 13.3 Å². The molecular weight excluding hydrogens is 193 g/mol. The second-order valence-corrected chi connectivity index (χ2v) is 2.20. The quantitative estimate of drug-likeness (QED) is 0.228. The second kappa shape index (κ2) is 5.73. The standard InChI is InChI=1S/C6H12FN5O2/c1-3-4(13)12(7)11-6(9-2)10-5(8)14/h3H2,1-2H3,(H4,8,9,10,11,14). The van der Waals surface area contributed by atoms with Crippen molar-refractivity contribution in [3.05, 3.63) is 0 Å². The first kappa shape index (κ1) is 12.1. The molecule has 0 aliphatic rings. The molecule has 0 heterocycles. The van der Waals surface area contributed by atoms with Gasteiger partial charge in [0.05, 0.1) is 0 Å². The summed E-state index contributed by atoms with van der Waals surface area (Å²) in [5.74, 6) is -1.04. The van der Waals surface area contributed by atoms with Crippen LogP contribution in [0.2, 0.25) is 0 Å². The van der Waals surface area contributed by atoms with E-state index < -0.39 is 11.9 Å². The number of guanidine groups is 1. The number of nitrogens with two attached hydrogens (primary N) is 1. The molecule has 0 bridgehead atoms. The van der Waals surface area contributed by atoms with E-state index in [1.807, 2.05) is 10.7 Å². The number of halogens is 1. The van der Waals surface area contributed by atoms with Crippen molar-refractivity contribution in [1.29, 1.82) is 0 Å². The van der Waals surface area contributed by atoms with E-state index >= 15 is 0 Å². The monoisotopic (exact) mass is 205 g/mol. The van der Waals surface area contributed by atoms with E-state index in [9.17, 15) is 14.1 Å². The highest BCUT2D eigenvalue weighted by molar-refractivity contribution is 5.96. The lowest BCUT2D eigenvalue weighted by molar-refractivity contribution is -0.150. The van der Waals surface area contributed by atoms with Crippen LogP contribution in [-0.2, 0) is 4.79 Å². The average Bonchev–Trinajstić information content (AvgIpc) is 2.14. The van der Waals surface area contributed by atoms with E-state index in [-0.39, 0.29) is 17.6 Å². The fourth-order valence-corrected chi connectivity index (χ4v) is 0.545. The highest BCUT2D eigenvalue weighted by atomic mass is 19.2. The lowest BCUT2D eigenvalue weighted by atomic mass is 10.5. The SMILES string of the molecule is CCC(=O)N(F)NC(=NC)NC(N)=O. The van der Waals surface area contributed by atoms with Crippen LogP contribution < -0.4 is 16.5 Å². The average molecular weight is 205 g/mol. The van der Waals surface area contributed by atoms with Gasteiger partial charge in [0, 0.05) is 13.5 Å². The number of nitrogens with one attached hydrogen (secondary N) is 2. The van der Waals surface area contributed by atoms with E-state index in [4.69, 9.17) is 5.73 Å². The third kappa shape index (κ3) is 4.24. The Bertz CT molecular complexity index is 255. The summed E-state index contributed by atoms with van der Waals surface area (Å²) in [4.78, 5) is 24.5. The smallest absolute Gasteiger partial charge is 0.318 e. The van der Waals surface area contributed by atoms with Gasteiger partial charge in [-0.25, -0.2) is 10.2 Å². The molecule has 14 heavy (non-hydrogen) atoms. The Hall–Kier alpha value is -1.86. The van der Waals surface area contributed by atoms with E-state index in [1.54, 1.807) is 0 Å². The summed E-state index contributed by atoms with van der Waals surface area (Å²) in [6, 6.07) is -0.907. The van der Waals surface area contributed by atoms with Crippen LogP contribution in [0.15, 0.2) is 4.99 Å². The molecule has 0 aromatic heterocycles. The molecule has 0 atom stereocenters. The molecule has 80 valence electrons. The predicted molar refractivity (Wildman–Crippen MR) is 47.5 cm³/mol. The molecule has 0 aliphatic heterocycles. The molecule has 4 N–H and O–H groups in total. The van der Waals surface area contributed by atoms with Gasteiger partial charge in [-0.15, -0.1) is 0 Å². The lowest BCUT2D eigenvalue weighted by Crippen LogP contribution is -2.50. The lowest BCUT2D eigenvalue weighted by Gasteiger charge is -2.14. The van der Waals surface area contributed by atoms with Gasteiger partial charge >= 0.3 is 6.03 Å². The Labute approximate surface area is 80.1 Å².